The van der Waals surface area contributed by atoms with E-state index in [4.69, 9.17) is 4.74 Å². The number of carbonyl (C=O) groups excluding carboxylic acids is 1. The molecule has 0 radical (unpaired) electrons. The standard InChI is InChI=1S/C22H23N5O3/c1-13(2)20-19(22(29)27(26(20)3)14-8-6-5-7-9-14)25-21(28)17-12-16-15(23-17)10-11-18(24-16)30-4/h5-13,23H,1-4H3,(H,25,28). The molecule has 8 heteroatoms. The van der Waals surface area contributed by atoms with E-state index in [-0.39, 0.29) is 17.2 Å². The van der Waals surface area contributed by atoms with Crippen LogP contribution >= 0.6 is 0 Å². The Morgan fingerprint density at radius 3 is 2.57 bits per heavy atom. The summed E-state index contributed by atoms with van der Waals surface area (Å²) in [7, 11) is 3.35. The number of nitrogens with zero attached hydrogens (tertiary/aromatic N) is 3. The van der Waals surface area contributed by atoms with Crippen molar-refractivity contribution >= 4 is 22.6 Å². The molecule has 30 heavy (non-hydrogen) atoms. The molecular weight excluding hydrogens is 382 g/mol. The van der Waals surface area contributed by atoms with E-state index in [9.17, 15) is 9.59 Å². The third-order valence-corrected chi connectivity index (χ3v) is 5.00. The first-order chi connectivity index (χ1) is 14.4. The van der Waals surface area contributed by atoms with Gasteiger partial charge in [0, 0.05) is 13.1 Å². The molecule has 0 spiro atoms. The van der Waals surface area contributed by atoms with Crippen molar-refractivity contribution in [3.05, 3.63) is 70.3 Å². The number of methoxy groups -OCH3 is 1. The van der Waals surface area contributed by atoms with Crippen LogP contribution in [0.2, 0.25) is 0 Å². The van der Waals surface area contributed by atoms with E-state index in [1.807, 2.05) is 51.2 Å². The van der Waals surface area contributed by atoms with Gasteiger partial charge >= 0.3 is 0 Å². The summed E-state index contributed by atoms with van der Waals surface area (Å²) in [5.41, 5.74) is 3.10. The third-order valence-electron chi connectivity index (χ3n) is 5.00. The van der Waals surface area contributed by atoms with Gasteiger partial charge in [-0.25, -0.2) is 9.67 Å². The van der Waals surface area contributed by atoms with Crippen LogP contribution in [0.4, 0.5) is 5.69 Å². The lowest BCUT2D eigenvalue weighted by molar-refractivity contribution is 0.102. The van der Waals surface area contributed by atoms with Crippen molar-refractivity contribution < 1.29 is 9.53 Å². The Morgan fingerprint density at radius 1 is 1.17 bits per heavy atom. The van der Waals surface area contributed by atoms with Crippen molar-refractivity contribution in [3.8, 4) is 11.6 Å². The molecule has 1 aromatic carbocycles. The van der Waals surface area contributed by atoms with Crippen molar-refractivity contribution in [1.82, 2.24) is 19.3 Å². The van der Waals surface area contributed by atoms with Crippen molar-refractivity contribution in [2.24, 2.45) is 7.05 Å². The van der Waals surface area contributed by atoms with Crippen LogP contribution in [0.15, 0.2) is 53.3 Å². The van der Waals surface area contributed by atoms with Gasteiger partial charge in [0.2, 0.25) is 5.88 Å². The largest absolute Gasteiger partial charge is 0.481 e. The number of hydrogen-bond acceptors (Lipinski definition) is 4. The van der Waals surface area contributed by atoms with Crippen molar-refractivity contribution in [3.63, 3.8) is 0 Å². The van der Waals surface area contributed by atoms with Gasteiger partial charge in [0.1, 0.15) is 11.4 Å². The topological polar surface area (TPSA) is 93.9 Å². The fourth-order valence-electron chi connectivity index (χ4n) is 3.67. The summed E-state index contributed by atoms with van der Waals surface area (Å²) in [6, 6.07) is 14.5. The number of H-pyrrole nitrogens is 1. The number of nitrogens with one attached hydrogen (secondary N) is 2. The molecule has 4 aromatic rings. The second kappa shape index (κ2) is 7.55. The van der Waals surface area contributed by atoms with Crippen LogP contribution in [0.1, 0.15) is 35.9 Å². The Morgan fingerprint density at radius 2 is 1.90 bits per heavy atom. The molecule has 2 N–H and O–H groups in total. The highest BCUT2D eigenvalue weighted by atomic mass is 16.5. The SMILES string of the molecule is COc1ccc2[nH]c(C(=O)Nc3c(C(C)C)n(C)n(-c4ccccc4)c3=O)cc2n1. The molecule has 8 nitrogen and oxygen atoms in total. The molecule has 0 aliphatic rings. The van der Waals surface area contributed by atoms with Gasteiger partial charge in [0.25, 0.3) is 11.5 Å². The van der Waals surface area contributed by atoms with Crippen LogP contribution in [0.25, 0.3) is 16.7 Å². The average Bonchev–Trinajstić information content (AvgIpc) is 3.26. The van der Waals surface area contributed by atoms with Crippen molar-refractivity contribution in [2.75, 3.05) is 12.4 Å². The first-order valence-electron chi connectivity index (χ1n) is 9.63. The number of amides is 1. The van der Waals surface area contributed by atoms with Gasteiger partial charge in [0.15, 0.2) is 0 Å². The van der Waals surface area contributed by atoms with Crippen LogP contribution in [-0.4, -0.2) is 32.3 Å². The predicted octanol–water partition coefficient (Wildman–Crippen LogP) is 3.44. The number of benzene rings is 1. The van der Waals surface area contributed by atoms with Crippen LogP contribution in [-0.2, 0) is 7.05 Å². The minimum absolute atomic E-state index is 0.0246. The molecule has 0 bridgehead atoms. The van der Waals surface area contributed by atoms with Gasteiger partial charge in [-0.15, -0.1) is 0 Å². The van der Waals surface area contributed by atoms with Crippen LogP contribution in [0, 0.1) is 0 Å². The fourth-order valence-corrected chi connectivity index (χ4v) is 3.67. The predicted molar refractivity (Wildman–Crippen MR) is 116 cm³/mol. The van der Waals surface area contributed by atoms with Crippen LogP contribution in [0.3, 0.4) is 0 Å². The maximum atomic E-state index is 13.2. The van der Waals surface area contributed by atoms with E-state index >= 15 is 0 Å². The maximum absolute atomic E-state index is 13.2. The number of ether oxygens (including phenoxy) is 1. The highest BCUT2D eigenvalue weighted by Crippen LogP contribution is 2.24. The molecule has 1 amide bonds. The molecule has 0 saturated carbocycles. The maximum Gasteiger partial charge on any atom is 0.295 e. The Hall–Kier alpha value is -3.81. The molecule has 0 aliphatic heterocycles. The molecule has 0 aliphatic carbocycles. The fraction of sp³-hybridized carbons (Fsp3) is 0.227. The quantitative estimate of drug-likeness (QED) is 0.532. The molecule has 4 rings (SSSR count). The van der Waals surface area contributed by atoms with Gasteiger partial charge in [-0.05, 0) is 30.2 Å². The Labute approximate surface area is 173 Å². The summed E-state index contributed by atoms with van der Waals surface area (Å²) in [4.78, 5) is 33.6. The van der Waals surface area contributed by atoms with E-state index in [0.29, 0.717) is 22.6 Å². The number of aromatic nitrogens is 4. The number of pyridine rings is 1. The van der Waals surface area contributed by atoms with Crippen molar-refractivity contribution in [2.45, 2.75) is 19.8 Å². The zero-order valence-corrected chi connectivity index (χ0v) is 17.3. The molecule has 0 fully saturated rings. The zero-order chi connectivity index (χ0) is 21.4. The monoisotopic (exact) mass is 405 g/mol. The van der Waals surface area contributed by atoms with Gasteiger partial charge in [-0.2, -0.15) is 0 Å². The molecule has 3 aromatic heterocycles. The number of carbonyl (C=O) groups is 1. The lowest BCUT2D eigenvalue weighted by Gasteiger charge is -2.12. The average molecular weight is 405 g/mol. The number of para-hydroxylation sites is 1. The minimum atomic E-state index is -0.406. The Kier molecular flexibility index (Phi) is 4.91. The second-order valence-corrected chi connectivity index (χ2v) is 7.31. The van der Waals surface area contributed by atoms with Gasteiger partial charge in [-0.3, -0.25) is 14.3 Å². The highest BCUT2D eigenvalue weighted by molar-refractivity contribution is 6.05. The number of hydrogen-bond donors (Lipinski definition) is 2. The normalized spacial score (nSPS) is 11.2. The molecular formula is C22H23N5O3. The first-order valence-corrected chi connectivity index (χ1v) is 9.63. The first kappa shape index (κ1) is 19.5. The lowest BCUT2D eigenvalue weighted by Crippen LogP contribution is -2.23. The van der Waals surface area contributed by atoms with E-state index < -0.39 is 5.91 Å². The van der Waals surface area contributed by atoms with Crippen molar-refractivity contribution in [1.29, 1.82) is 0 Å². The van der Waals surface area contributed by atoms with Crippen LogP contribution in [0.5, 0.6) is 5.88 Å². The summed E-state index contributed by atoms with van der Waals surface area (Å²) >= 11 is 0. The second-order valence-electron chi connectivity index (χ2n) is 7.31. The lowest BCUT2D eigenvalue weighted by atomic mass is 10.1. The summed E-state index contributed by atoms with van der Waals surface area (Å²) in [6.45, 7) is 3.97. The van der Waals surface area contributed by atoms with E-state index in [1.54, 1.807) is 27.6 Å². The van der Waals surface area contributed by atoms with E-state index in [0.717, 1.165) is 11.4 Å². The van der Waals surface area contributed by atoms with E-state index in [2.05, 4.69) is 15.3 Å². The summed E-state index contributed by atoms with van der Waals surface area (Å²) in [6.07, 6.45) is 0. The summed E-state index contributed by atoms with van der Waals surface area (Å²) in [5, 5.41) is 2.81. The number of fused-ring (bicyclic) bond motifs is 1. The van der Waals surface area contributed by atoms with Gasteiger partial charge in [-0.1, -0.05) is 32.0 Å². The molecule has 3 heterocycles. The van der Waals surface area contributed by atoms with E-state index in [1.165, 1.54) is 7.11 Å². The van der Waals surface area contributed by atoms with Gasteiger partial charge < -0.3 is 15.0 Å². The minimum Gasteiger partial charge on any atom is -0.481 e. The Balaban J connectivity index is 1.75. The number of aromatic amines is 1. The van der Waals surface area contributed by atoms with Gasteiger partial charge in [0.05, 0.1) is 29.5 Å². The molecule has 0 unspecified atom stereocenters. The summed E-state index contributed by atoms with van der Waals surface area (Å²) in [5.74, 6) is 0.0812. The molecule has 0 saturated heterocycles. The molecule has 154 valence electrons. The zero-order valence-electron chi connectivity index (χ0n) is 17.3. The summed E-state index contributed by atoms with van der Waals surface area (Å²) < 4.78 is 8.48. The number of anilines is 1. The molecule has 0 atom stereocenters. The number of rotatable bonds is 5. The third kappa shape index (κ3) is 3.26. The Bertz CT molecular complexity index is 1280. The highest BCUT2D eigenvalue weighted by Gasteiger charge is 2.24. The smallest absolute Gasteiger partial charge is 0.295 e. The van der Waals surface area contributed by atoms with Crippen LogP contribution < -0.4 is 15.6 Å².